The Balaban J connectivity index is 1.94. The van der Waals surface area contributed by atoms with Crippen molar-refractivity contribution in [1.82, 2.24) is 4.90 Å². The molecule has 0 spiro atoms. The maximum atomic E-state index is 12.1. The van der Waals surface area contributed by atoms with Gasteiger partial charge in [0.05, 0.1) is 0 Å². The Morgan fingerprint density at radius 1 is 1.29 bits per heavy atom. The van der Waals surface area contributed by atoms with Crippen LogP contribution in [0.5, 0.6) is 0 Å². The van der Waals surface area contributed by atoms with Gasteiger partial charge in [0.1, 0.15) is 0 Å². The van der Waals surface area contributed by atoms with Crippen LogP contribution in [0.25, 0.3) is 0 Å². The molecule has 0 N–H and O–H groups in total. The lowest BCUT2D eigenvalue weighted by atomic mass is 9.80. The molecule has 0 unspecified atom stereocenters. The molecular formula is C18H22INO. The minimum atomic E-state index is 0.267. The highest BCUT2D eigenvalue weighted by Gasteiger charge is 2.45. The second-order valence-corrected chi connectivity index (χ2v) is 7.81. The average molecular weight is 395 g/mol. The molecule has 3 rings (SSSR count). The average Bonchev–Trinajstić information content (AvgIpc) is 2.74. The first-order chi connectivity index (χ1) is 10.1. The van der Waals surface area contributed by atoms with E-state index in [1.54, 1.807) is 6.92 Å². The summed E-state index contributed by atoms with van der Waals surface area (Å²) in [6.45, 7) is 4.80. The molecule has 2 nitrogen and oxygen atoms in total. The molecule has 1 aliphatic heterocycles. The van der Waals surface area contributed by atoms with Gasteiger partial charge in [-0.3, -0.25) is 4.79 Å². The van der Waals surface area contributed by atoms with Crippen molar-refractivity contribution < 1.29 is 4.79 Å². The van der Waals surface area contributed by atoms with Gasteiger partial charge >= 0.3 is 0 Å². The number of rotatable bonds is 3. The minimum absolute atomic E-state index is 0.267. The fourth-order valence-corrected chi connectivity index (χ4v) is 5.35. The maximum Gasteiger partial charge on any atom is 0.157 e. The molecule has 0 radical (unpaired) electrons. The van der Waals surface area contributed by atoms with Gasteiger partial charge in [-0.05, 0) is 32.3 Å². The van der Waals surface area contributed by atoms with Gasteiger partial charge in [-0.2, -0.15) is 0 Å². The summed E-state index contributed by atoms with van der Waals surface area (Å²) in [7, 11) is 0. The van der Waals surface area contributed by atoms with E-state index in [-0.39, 0.29) is 5.78 Å². The summed E-state index contributed by atoms with van der Waals surface area (Å²) < 4.78 is 0.636. The van der Waals surface area contributed by atoms with E-state index in [4.69, 9.17) is 0 Å². The van der Waals surface area contributed by atoms with Gasteiger partial charge in [-0.15, -0.1) is 0 Å². The largest absolute Gasteiger partial charge is 0.366 e. The van der Waals surface area contributed by atoms with Crippen LogP contribution in [0.3, 0.4) is 0 Å². The lowest BCUT2D eigenvalue weighted by molar-refractivity contribution is -0.114. The summed E-state index contributed by atoms with van der Waals surface area (Å²) in [6, 6.07) is 11.1. The van der Waals surface area contributed by atoms with E-state index in [0.29, 0.717) is 15.9 Å². The first kappa shape index (κ1) is 15.1. The van der Waals surface area contributed by atoms with Crippen LogP contribution in [0, 0.1) is 5.92 Å². The van der Waals surface area contributed by atoms with Gasteiger partial charge in [0.2, 0.25) is 0 Å². The summed E-state index contributed by atoms with van der Waals surface area (Å²) in [5.74, 6) is 0.713. The number of ketones is 1. The highest BCUT2D eigenvalue weighted by molar-refractivity contribution is 14.1. The molecule has 1 heterocycles. The summed E-state index contributed by atoms with van der Waals surface area (Å²) in [4.78, 5) is 14.6. The predicted octanol–water partition coefficient (Wildman–Crippen LogP) is 4.34. The number of hydrogen-bond acceptors (Lipinski definition) is 2. The maximum absolute atomic E-state index is 12.1. The zero-order chi connectivity index (χ0) is 15.0. The molecule has 3 atom stereocenters. The van der Waals surface area contributed by atoms with E-state index in [2.05, 4.69) is 64.7 Å². The highest BCUT2D eigenvalue weighted by Crippen LogP contribution is 2.45. The monoisotopic (exact) mass is 395 g/mol. The molecular weight excluding hydrogens is 373 g/mol. The molecule has 1 saturated carbocycles. The van der Waals surface area contributed by atoms with Crippen LogP contribution in [0.2, 0.25) is 0 Å². The van der Waals surface area contributed by atoms with E-state index in [1.807, 2.05) is 0 Å². The Bertz CT molecular complexity index is 566. The number of hydrogen-bond donors (Lipinski definition) is 0. The Morgan fingerprint density at radius 3 is 2.67 bits per heavy atom. The highest BCUT2D eigenvalue weighted by atomic mass is 127. The van der Waals surface area contributed by atoms with Crippen LogP contribution in [0.1, 0.15) is 38.7 Å². The Kier molecular flexibility index (Phi) is 4.38. The summed E-state index contributed by atoms with van der Waals surface area (Å²) >= 11 is 2.60. The molecule has 21 heavy (non-hydrogen) atoms. The molecule has 0 amide bonds. The van der Waals surface area contributed by atoms with Crippen molar-refractivity contribution in [3.63, 3.8) is 0 Å². The van der Waals surface area contributed by atoms with Crippen molar-refractivity contribution >= 4 is 28.4 Å². The first-order valence-electron chi connectivity index (χ1n) is 7.76. The third-order valence-electron chi connectivity index (χ3n) is 4.90. The van der Waals surface area contributed by atoms with Crippen molar-refractivity contribution in [2.45, 2.75) is 49.6 Å². The van der Waals surface area contributed by atoms with Crippen LogP contribution in [-0.2, 0) is 11.3 Å². The topological polar surface area (TPSA) is 20.3 Å². The quantitative estimate of drug-likeness (QED) is 0.561. The fourth-order valence-electron chi connectivity index (χ4n) is 4.02. The number of benzene rings is 1. The van der Waals surface area contributed by atoms with E-state index < -0.39 is 0 Å². The van der Waals surface area contributed by atoms with E-state index in [1.165, 1.54) is 30.5 Å². The summed E-state index contributed by atoms with van der Waals surface area (Å²) in [6.07, 6.45) is 3.69. The van der Waals surface area contributed by atoms with Crippen LogP contribution in [-0.4, -0.2) is 20.6 Å². The van der Waals surface area contributed by atoms with Gasteiger partial charge in [0, 0.05) is 33.7 Å². The van der Waals surface area contributed by atoms with E-state index >= 15 is 0 Å². The third kappa shape index (κ3) is 2.77. The van der Waals surface area contributed by atoms with Crippen molar-refractivity contribution in [3.05, 3.63) is 47.2 Å². The van der Waals surface area contributed by atoms with Crippen LogP contribution < -0.4 is 0 Å². The number of nitrogens with zero attached hydrogens (tertiary/aromatic N) is 1. The third-order valence-corrected chi connectivity index (χ3v) is 6.26. The Morgan fingerprint density at radius 2 is 2.00 bits per heavy atom. The van der Waals surface area contributed by atoms with Crippen LogP contribution in [0.15, 0.2) is 41.6 Å². The van der Waals surface area contributed by atoms with E-state index in [9.17, 15) is 4.79 Å². The molecule has 112 valence electrons. The number of halogens is 1. The van der Waals surface area contributed by atoms with E-state index in [0.717, 1.165) is 12.1 Å². The number of alkyl halides is 1. The molecule has 1 aromatic carbocycles. The van der Waals surface area contributed by atoms with Crippen molar-refractivity contribution in [2.24, 2.45) is 5.92 Å². The lowest BCUT2D eigenvalue weighted by Gasteiger charge is -2.38. The molecule has 1 aromatic rings. The first-order valence-corrected chi connectivity index (χ1v) is 9.00. The number of Topliss-reactive ketones (excluding diaryl/α,β-unsaturated/α-hetero) is 1. The van der Waals surface area contributed by atoms with Crippen molar-refractivity contribution in [3.8, 4) is 0 Å². The second-order valence-electron chi connectivity index (χ2n) is 6.21. The minimum Gasteiger partial charge on any atom is -0.366 e. The molecule has 2 aliphatic rings. The van der Waals surface area contributed by atoms with Gasteiger partial charge in [-0.25, -0.2) is 0 Å². The molecule has 0 aromatic heterocycles. The molecule has 3 heteroatoms. The molecule has 0 saturated heterocycles. The molecule has 0 bridgehead atoms. The van der Waals surface area contributed by atoms with Gasteiger partial charge in [0.15, 0.2) is 5.78 Å². The SMILES string of the molecule is CC(=O)C1=C(C)N(Cc2ccccc2)[C@H]2[C@@H]1CCC[C@@H]2I. The van der Waals surface area contributed by atoms with Gasteiger partial charge in [-0.1, -0.05) is 59.3 Å². The number of carbonyl (C=O) groups is 1. The number of allylic oxidation sites excluding steroid dienone is 1. The number of fused-ring (bicyclic) bond motifs is 1. The van der Waals surface area contributed by atoms with Crippen LogP contribution in [0.4, 0.5) is 0 Å². The van der Waals surface area contributed by atoms with Crippen LogP contribution >= 0.6 is 22.6 Å². The normalized spacial score (nSPS) is 28.7. The fraction of sp³-hybridized carbons (Fsp3) is 0.500. The number of carbonyl (C=O) groups excluding carboxylic acids is 1. The Hall–Kier alpha value is -0.840. The second kappa shape index (κ2) is 6.11. The standard InChI is InChI=1S/C18H22INO/c1-12-17(13(2)21)15-9-6-10-16(19)18(15)20(12)11-14-7-4-3-5-8-14/h3-5,7-8,15-16,18H,6,9-11H2,1-2H3/t15-,16+,18+/m1/s1. The summed E-state index contributed by atoms with van der Waals surface area (Å²) in [5, 5.41) is 0. The predicted molar refractivity (Wildman–Crippen MR) is 94.3 cm³/mol. The Labute approximate surface area is 140 Å². The smallest absolute Gasteiger partial charge is 0.157 e. The molecule has 1 fully saturated rings. The lowest BCUT2D eigenvalue weighted by Crippen LogP contribution is -2.43. The summed E-state index contributed by atoms with van der Waals surface area (Å²) in [5.41, 5.74) is 3.64. The van der Waals surface area contributed by atoms with Gasteiger partial charge < -0.3 is 4.90 Å². The van der Waals surface area contributed by atoms with Crippen molar-refractivity contribution in [1.29, 1.82) is 0 Å². The molecule has 1 aliphatic carbocycles. The van der Waals surface area contributed by atoms with Gasteiger partial charge in [0.25, 0.3) is 0 Å². The van der Waals surface area contributed by atoms with Crippen molar-refractivity contribution in [2.75, 3.05) is 0 Å². The zero-order valence-electron chi connectivity index (χ0n) is 12.7. The zero-order valence-corrected chi connectivity index (χ0v) is 14.8.